The Morgan fingerprint density at radius 2 is 1.91 bits per heavy atom. The minimum Gasteiger partial charge on any atom is -1.00 e. The lowest BCUT2D eigenvalue weighted by Gasteiger charge is -2.21. The van der Waals surface area contributed by atoms with Crippen molar-refractivity contribution in [1.82, 2.24) is 0 Å². The number of quaternary nitrogens is 1. The second-order valence-electron chi connectivity index (χ2n) is 3.28. The highest BCUT2D eigenvalue weighted by Gasteiger charge is 2.01. The minimum absolute atomic E-state index is 0. The largest absolute Gasteiger partial charge is 1.00 e. The molecule has 0 saturated heterocycles. The van der Waals surface area contributed by atoms with Gasteiger partial charge in [-0.15, -0.1) is 0 Å². The molecule has 0 aromatic rings. The lowest BCUT2D eigenvalue weighted by Crippen LogP contribution is -3.00. The van der Waals surface area contributed by atoms with Crippen LogP contribution in [0.4, 0.5) is 0 Å². The van der Waals surface area contributed by atoms with E-state index in [0.29, 0.717) is 0 Å². The van der Waals surface area contributed by atoms with Crippen molar-refractivity contribution >= 4 is 5.91 Å². The lowest BCUT2D eigenvalue weighted by molar-refractivity contribution is -0.864. The molecule has 66 valence electrons. The highest BCUT2D eigenvalue weighted by atomic mass is 35.5. The molecule has 11 heavy (non-hydrogen) atoms. The normalized spacial score (nSPS) is 11.2. The van der Waals surface area contributed by atoms with Gasteiger partial charge in [0.15, 0.2) is 0 Å². The summed E-state index contributed by atoms with van der Waals surface area (Å²) in [7, 11) is 6.14. The molecule has 1 amide bonds. The molecular weight excluding hydrogens is 164 g/mol. The van der Waals surface area contributed by atoms with E-state index in [0.717, 1.165) is 11.0 Å². The number of nitrogens with two attached hydrogens (primary N) is 1. The third-order valence-electron chi connectivity index (χ3n) is 0.935. The van der Waals surface area contributed by atoms with Gasteiger partial charge in [-0.3, -0.25) is 4.79 Å². The summed E-state index contributed by atoms with van der Waals surface area (Å²) in [6.45, 7) is 0.822. The maximum atomic E-state index is 10.2. The van der Waals surface area contributed by atoms with Crippen LogP contribution in [0.3, 0.4) is 0 Å². The van der Waals surface area contributed by atoms with Crippen molar-refractivity contribution in [3.8, 4) is 0 Å². The first-order chi connectivity index (χ1) is 4.42. The SMILES string of the molecule is C[N+](C)(C)CC=CC(N)=O.[Cl-]. The number of amides is 1. The van der Waals surface area contributed by atoms with Crippen LogP contribution < -0.4 is 18.1 Å². The van der Waals surface area contributed by atoms with Gasteiger partial charge in [0.1, 0.15) is 0 Å². The second kappa shape index (κ2) is 5.16. The summed E-state index contributed by atoms with van der Waals surface area (Å²) in [4.78, 5) is 10.2. The smallest absolute Gasteiger partial charge is 0.241 e. The van der Waals surface area contributed by atoms with Crippen molar-refractivity contribution in [2.24, 2.45) is 5.73 Å². The highest BCUT2D eigenvalue weighted by Crippen LogP contribution is 1.88. The molecule has 0 fully saturated rings. The summed E-state index contributed by atoms with van der Waals surface area (Å²) in [6.07, 6.45) is 3.17. The Kier molecular flexibility index (Phi) is 6.13. The van der Waals surface area contributed by atoms with Gasteiger partial charge >= 0.3 is 0 Å². The molecule has 2 N–H and O–H groups in total. The summed E-state index contributed by atoms with van der Waals surface area (Å²) in [5.41, 5.74) is 4.89. The van der Waals surface area contributed by atoms with Crippen molar-refractivity contribution in [3.05, 3.63) is 12.2 Å². The Hall–Kier alpha value is -0.540. The van der Waals surface area contributed by atoms with Crippen molar-refractivity contribution in [2.75, 3.05) is 27.7 Å². The zero-order chi connectivity index (χ0) is 8.20. The Morgan fingerprint density at radius 3 is 2.18 bits per heavy atom. The number of carbonyl (C=O) groups excluding carboxylic acids is 1. The number of hydrogen-bond donors (Lipinski definition) is 1. The van der Waals surface area contributed by atoms with Crippen LogP contribution >= 0.6 is 0 Å². The molecule has 3 nitrogen and oxygen atoms in total. The molecule has 0 unspecified atom stereocenters. The number of primary amides is 1. The third kappa shape index (κ3) is 12.6. The fraction of sp³-hybridized carbons (Fsp3) is 0.571. The molecule has 0 spiro atoms. The maximum absolute atomic E-state index is 10.2. The van der Waals surface area contributed by atoms with Gasteiger partial charge in [-0.25, -0.2) is 0 Å². The van der Waals surface area contributed by atoms with E-state index >= 15 is 0 Å². The monoisotopic (exact) mass is 178 g/mol. The van der Waals surface area contributed by atoms with E-state index in [1.165, 1.54) is 6.08 Å². The Labute approximate surface area is 73.9 Å². The molecule has 0 aromatic heterocycles. The number of halogens is 1. The molecule has 0 radical (unpaired) electrons. The summed E-state index contributed by atoms with van der Waals surface area (Å²) in [5.74, 6) is -0.381. The summed E-state index contributed by atoms with van der Waals surface area (Å²) in [5, 5.41) is 0. The van der Waals surface area contributed by atoms with Crippen LogP contribution in [0.2, 0.25) is 0 Å². The third-order valence-corrected chi connectivity index (χ3v) is 0.935. The highest BCUT2D eigenvalue weighted by molar-refractivity contribution is 5.85. The van der Waals surface area contributed by atoms with Crippen LogP contribution in [0.5, 0.6) is 0 Å². The summed E-state index contributed by atoms with van der Waals surface area (Å²) >= 11 is 0. The summed E-state index contributed by atoms with van der Waals surface area (Å²) in [6, 6.07) is 0. The Morgan fingerprint density at radius 1 is 1.45 bits per heavy atom. The van der Waals surface area contributed by atoms with Gasteiger partial charge in [0.05, 0.1) is 27.7 Å². The van der Waals surface area contributed by atoms with E-state index < -0.39 is 0 Å². The van der Waals surface area contributed by atoms with E-state index in [1.807, 2.05) is 21.1 Å². The van der Waals surface area contributed by atoms with Crippen LogP contribution in [-0.4, -0.2) is 38.1 Å². The average molecular weight is 179 g/mol. The van der Waals surface area contributed by atoms with Gasteiger partial charge in [0.2, 0.25) is 5.91 Å². The van der Waals surface area contributed by atoms with Gasteiger partial charge in [-0.2, -0.15) is 0 Å². The molecule has 0 aliphatic carbocycles. The van der Waals surface area contributed by atoms with Crippen LogP contribution in [0.25, 0.3) is 0 Å². The predicted molar refractivity (Wildman–Crippen MR) is 41.2 cm³/mol. The molecular formula is C7H15ClN2O. The van der Waals surface area contributed by atoms with Crippen molar-refractivity contribution in [2.45, 2.75) is 0 Å². The van der Waals surface area contributed by atoms with Crippen LogP contribution in [0.15, 0.2) is 12.2 Å². The van der Waals surface area contributed by atoms with E-state index in [9.17, 15) is 4.79 Å². The fourth-order valence-electron chi connectivity index (χ4n) is 0.485. The number of carbonyl (C=O) groups is 1. The predicted octanol–water partition coefficient (Wildman–Crippen LogP) is -3.26. The van der Waals surface area contributed by atoms with E-state index in [-0.39, 0.29) is 18.3 Å². The van der Waals surface area contributed by atoms with Gasteiger partial charge in [-0.05, 0) is 6.08 Å². The number of rotatable bonds is 3. The first kappa shape index (κ1) is 13.1. The molecule has 4 heteroatoms. The number of hydrogen-bond acceptors (Lipinski definition) is 1. The number of likely N-dealkylation sites (N-methyl/N-ethyl adjacent to an activating group) is 1. The molecule has 0 rings (SSSR count). The van der Waals surface area contributed by atoms with Crippen molar-refractivity contribution in [1.29, 1.82) is 0 Å². The van der Waals surface area contributed by atoms with E-state index in [1.54, 1.807) is 6.08 Å². The topological polar surface area (TPSA) is 43.1 Å². The minimum atomic E-state index is -0.381. The fourth-order valence-corrected chi connectivity index (χ4v) is 0.485. The first-order valence-corrected chi connectivity index (χ1v) is 3.18. The van der Waals surface area contributed by atoms with Crippen LogP contribution in [0.1, 0.15) is 0 Å². The van der Waals surface area contributed by atoms with E-state index in [2.05, 4.69) is 0 Å². The molecule has 0 aliphatic heterocycles. The first-order valence-electron chi connectivity index (χ1n) is 3.18. The molecule has 0 atom stereocenters. The molecule has 0 heterocycles. The quantitative estimate of drug-likeness (QED) is 0.358. The molecule has 0 aliphatic rings. The van der Waals surface area contributed by atoms with E-state index in [4.69, 9.17) is 5.73 Å². The van der Waals surface area contributed by atoms with Gasteiger partial charge in [-0.1, -0.05) is 0 Å². The van der Waals surface area contributed by atoms with Crippen molar-refractivity contribution < 1.29 is 21.7 Å². The maximum Gasteiger partial charge on any atom is 0.241 e. The van der Waals surface area contributed by atoms with Gasteiger partial charge in [0, 0.05) is 6.08 Å². The average Bonchev–Trinajstić information content (AvgIpc) is 1.59. The van der Waals surface area contributed by atoms with Gasteiger partial charge < -0.3 is 22.6 Å². The Balaban J connectivity index is 0. The standard InChI is InChI=1S/C7H14N2O.ClH/c1-9(2,3)6-4-5-7(8)10;/h4-5H,6H2,1-3H3,(H-,8,10);1H. The number of nitrogens with zero attached hydrogens (tertiary/aromatic N) is 1. The molecule has 0 saturated carbocycles. The van der Waals surface area contributed by atoms with Crippen LogP contribution in [0, 0.1) is 0 Å². The second-order valence-corrected chi connectivity index (χ2v) is 3.28. The lowest BCUT2D eigenvalue weighted by atomic mass is 10.4. The summed E-state index contributed by atoms with van der Waals surface area (Å²) < 4.78 is 0.809. The van der Waals surface area contributed by atoms with Crippen LogP contribution in [-0.2, 0) is 4.79 Å². The van der Waals surface area contributed by atoms with Crippen molar-refractivity contribution in [3.63, 3.8) is 0 Å². The molecule has 0 aromatic carbocycles. The van der Waals surface area contributed by atoms with Gasteiger partial charge in [0.25, 0.3) is 0 Å². The Bertz CT molecular complexity index is 149. The zero-order valence-electron chi connectivity index (χ0n) is 7.17. The molecule has 0 bridgehead atoms. The zero-order valence-corrected chi connectivity index (χ0v) is 7.93.